The Morgan fingerprint density at radius 3 is 2.87 bits per heavy atom. The van der Waals surface area contributed by atoms with Crippen LogP contribution in [0.1, 0.15) is 23.2 Å². The number of aliphatic hydroxyl groups is 1. The van der Waals surface area contributed by atoms with E-state index >= 15 is 0 Å². The number of amides is 1. The summed E-state index contributed by atoms with van der Waals surface area (Å²) in [5.41, 5.74) is 0.478. The molecule has 1 N–H and O–H groups in total. The average molecular weight is 207 g/mol. The van der Waals surface area contributed by atoms with E-state index in [4.69, 9.17) is 0 Å². The fraction of sp³-hybridized carbons (Fsp3) is 0.500. The molecule has 1 aliphatic rings. The van der Waals surface area contributed by atoms with E-state index in [1.165, 1.54) is 18.7 Å². The molecule has 1 fully saturated rings. The zero-order valence-corrected chi connectivity index (χ0v) is 8.33. The predicted octanol–water partition coefficient (Wildman–Crippen LogP) is 0.0735. The second-order valence-corrected chi connectivity index (χ2v) is 3.67. The minimum absolute atomic E-state index is 0.102. The maximum Gasteiger partial charge on any atom is 0.257 e. The molecule has 0 saturated carbocycles. The van der Waals surface area contributed by atoms with E-state index in [9.17, 15) is 9.90 Å². The van der Waals surface area contributed by atoms with Gasteiger partial charge >= 0.3 is 0 Å². The number of piperidine rings is 1. The molecule has 5 heteroatoms. The second-order valence-electron chi connectivity index (χ2n) is 3.67. The van der Waals surface area contributed by atoms with Crippen LogP contribution in [0, 0.1) is 0 Å². The van der Waals surface area contributed by atoms with E-state index in [1.807, 2.05) is 0 Å². The molecule has 0 spiro atoms. The van der Waals surface area contributed by atoms with Gasteiger partial charge in [-0.25, -0.2) is 9.97 Å². The van der Waals surface area contributed by atoms with Crippen molar-refractivity contribution < 1.29 is 9.90 Å². The number of carbonyl (C=O) groups is 1. The van der Waals surface area contributed by atoms with Crippen LogP contribution in [0.3, 0.4) is 0 Å². The first-order valence-electron chi connectivity index (χ1n) is 5.00. The van der Waals surface area contributed by atoms with Crippen LogP contribution in [0.25, 0.3) is 0 Å². The largest absolute Gasteiger partial charge is 0.391 e. The Balaban J connectivity index is 2.08. The third-order valence-corrected chi connectivity index (χ3v) is 2.49. The molecule has 1 aromatic heterocycles. The summed E-state index contributed by atoms with van der Waals surface area (Å²) in [4.78, 5) is 21.1. The average Bonchev–Trinajstić information content (AvgIpc) is 2.29. The van der Waals surface area contributed by atoms with Gasteiger partial charge in [0.05, 0.1) is 11.7 Å². The number of hydrogen-bond acceptors (Lipinski definition) is 4. The molecule has 1 aromatic rings. The van der Waals surface area contributed by atoms with Crippen LogP contribution in [0.5, 0.6) is 0 Å². The van der Waals surface area contributed by atoms with Crippen molar-refractivity contribution in [2.45, 2.75) is 18.9 Å². The first-order valence-corrected chi connectivity index (χ1v) is 5.00. The third-order valence-electron chi connectivity index (χ3n) is 2.49. The molecule has 0 aliphatic carbocycles. The molecule has 15 heavy (non-hydrogen) atoms. The Hall–Kier alpha value is -1.49. The second kappa shape index (κ2) is 4.35. The lowest BCUT2D eigenvalue weighted by molar-refractivity contribution is 0.0473. The topological polar surface area (TPSA) is 66.3 Å². The quantitative estimate of drug-likeness (QED) is 0.708. The number of nitrogens with zero attached hydrogens (tertiary/aromatic N) is 3. The van der Waals surface area contributed by atoms with Gasteiger partial charge in [0.15, 0.2) is 0 Å². The van der Waals surface area contributed by atoms with E-state index in [2.05, 4.69) is 9.97 Å². The van der Waals surface area contributed by atoms with Gasteiger partial charge in [-0.05, 0) is 12.8 Å². The maximum atomic E-state index is 11.9. The van der Waals surface area contributed by atoms with Gasteiger partial charge < -0.3 is 10.0 Å². The minimum atomic E-state index is -0.396. The van der Waals surface area contributed by atoms with Crippen LogP contribution >= 0.6 is 0 Å². The number of aromatic nitrogens is 2. The Labute approximate surface area is 87.8 Å². The summed E-state index contributed by atoms with van der Waals surface area (Å²) in [5.74, 6) is -0.102. The maximum absolute atomic E-state index is 11.9. The van der Waals surface area contributed by atoms with Gasteiger partial charge in [-0.15, -0.1) is 0 Å². The van der Waals surface area contributed by atoms with Crippen molar-refractivity contribution >= 4 is 5.91 Å². The zero-order valence-electron chi connectivity index (χ0n) is 8.33. The molecule has 0 aromatic carbocycles. The summed E-state index contributed by atoms with van der Waals surface area (Å²) in [7, 11) is 0. The Morgan fingerprint density at radius 1 is 1.47 bits per heavy atom. The highest BCUT2D eigenvalue weighted by molar-refractivity contribution is 5.93. The molecule has 1 aliphatic heterocycles. The van der Waals surface area contributed by atoms with E-state index < -0.39 is 6.10 Å². The lowest BCUT2D eigenvalue weighted by atomic mass is 10.1. The smallest absolute Gasteiger partial charge is 0.257 e. The number of hydrogen-bond donors (Lipinski definition) is 1. The molecule has 1 atom stereocenters. The van der Waals surface area contributed by atoms with Crippen molar-refractivity contribution in [3.8, 4) is 0 Å². The van der Waals surface area contributed by atoms with Crippen LogP contribution in [0.2, 0.25) is 0 Å². The number of aliphatic hydroxyl groups excluding tert-OH is 1. The Morgan fingerprint density at radius 2 is 2.20 bits per heavy atom. The standard InChI is InChI=1S/C10H13N3O2/c14-9-2-1-3-13(6-9)10(15)8-4-11-7-12-5-8/h4-5,7,9,14H,1-3,6H2/t9-/m0/s1. The fourth-order valence-corrected chi connectivity index (χ4v) is 1.73. The summed E-state index contributed by atoms with van der Waals surface area (Å²) in [6, 6.07) is 0. The van der Waals surface area contributed by atoms with Gasteiger partial charge in [-0.2, -0.15) is 0 Å². The van der Waals surface area contributed by atoms with Gasteiger partial charge in [0.25, 0.3) is 5.91 Å². The van der Waals surface area contributed by atoms with Gasteiger partial charge in [-0.1, -0.05) is 0 Å². The van der Waals surface area contributed by atoms with E-state index in [0.717, 1.165) is 12.8 Å². The van der Waals surface area contributed by atoms with Crippen LogP contribution in [-0.2, 0) is 0 Å². The summed E-state index contributed by atoms with van der Waals surface area (Å²) in [5, 5.41) is 9.45. The molecule has 0 radical (unpaired) electrons. The van der Waals surface area contributed by atoms with Gasteiger partial charge in [-0.3, -0.25) is 4.79 Å². The van der Waals surface area contributed by atoms with E-state index in [-0.39, 0.29) is 5.91 Å². The Kier molecular flexibility index (Phi) is 2.91. The monoisotopic (exact) mass is 207 g/mol. The summed E-state index contributed by atoms with van der Waals surface area (Å²) in [6.45, 7) is 1.11. The lowest BCUT2D eigenvalue weighted by Crippen LogP contribution is -2.42. The number of carbonyl (C=O) groups excluding carboxylic acids is 1. The normalized spacial score (nSPS) is 21.4. The molecule has 5 nitrogen and oxygen atoms in total. The number of rotatable bonds is 1. The molecular weight excluding hydrogens is 194 g/mol. The van der Waals surface area contributed by atoms with Crippen LogP contribution in [0.15, 0.2) is 18.7 Å². The molecule has 2 rings (SSSR count). The molecule has 1 saturated heterocycles. The fourth-order valence-electron chi connectivity index (χ4n) is 1.73. The molecule has 0 bridgehead atoms. The predicted molar refractivity (Wildman–Crippen MR) is 53.2 cm³/mol. The van der Waals surface area contributed by atoms with Crippen molar-refractivity contribution in [2.75, 3.05) is 13.1 Å². The number of β-amino-alcohol motifs (C(OH)–C–C–N with tert-alkyl or cyclic N) is 1. The third kappa shape index (κ3) is 2.30. The number of likely N-dealkylation sites (tertiary alicyclic amines) is 1. The van der Waals surface area contributed by atoms with Gasteiger partial charge in [0, 0.05) is 25.5 Å². The minimum Gasteiger partial charge on any atom is -0.391 e. The first-order chi connectivity index (χ1) is 7.27. The van der Waals surface area contributed by atoms with E-state index in [1.54, 1.807) is 4.90 Å². The van der Waals surface area contributed by atoms with Gasteiger partial charge in [0.2, 0.25) is 0 Å². The molecule has 2 heterocycles. The molecular formula is C10H13N3O2. The highest BCUT2D eigenvalue weighted by Crippen LogP contribution is 2.12. The summed E-state index contributed by atoms with van der Waals surface area (Å²) < 4.78 is 0. The van der Waals surface area contributed by atoms with Crippen molar-refractivity contribution in [1.82, 2.24) is 14.9 Å². The summed E-state index contributed by atoms with van der Waals surface area (Å²) in [6.07, 6.45) is 5.61. The zero-order chi connectivity index (χ0) is 10.7. The van der Waals surface area contributed by atoms with Crippen molar-refractivity contribution in [1.29, 1.82) is 0 Å². The van der Waals surface area contributed by atoms with Crippen LogP contribution < -0.4 is 0 Å². The van der Waals surface area contributed by atoms with Crippen LogP contribution in [0.4, 0.5) is 0 Å². The SMILES string of the molecule is O=C(c1cncnc1)N1CCC[C@H](O)C1. The molecule has 80 valence electrons. The highest BCUT2D eigenvalue weighted by Gasteiger charge is 2.23. The molecule has 0 unspecified atom stereocenters. The highest BCUT2D eigenvalue weighted by atomic mass is 16.3. The van der Waals surface area contributed by atoms with Crippen LogP contribution in [-0.4, -0.2) is 45.1 Å². The first kappa shape index (κ1) is 10.0. The van der Waals surface area contributed by atoms with Crippen molar-refractivity contribution in [3.63, 3.8) is 0 Å². The van der Waals surface area contributed by atoms with E-state index in [0.29, 0.717) is 18.7 Å². The summed E-state index contributed by atoms with van der Waals surface area (Å²) >= 11 is 0. The van der Waals surface area contributed by atoms with Crippen molar-refractivity contribution in [2.24, 2.45) is 0 Å². The van der Waals surface area contributed by atoms with Crippen molar-refractivity contribution in [3.05, 3.63) is 24.3 Å². The molecule has 1 amide bonds. The van der Waals surface area contributed by atoms with Gasteiger partial charge in [0.1, 0.15) is 6.33 Å². The lowest BCUT2D eigenvalue weighted by Gasteiger charge is -2.29. The Bertz CT molecular complexity index is 342.